The molecule has 1 fully saturated rings. The molecule has 0 bridgehead atoms. The van der Waals surface area contributed by atoms with E-state index in [1.165, 1.54) is 0 Å². The molecule has 0 radical (unpaired) electrons. The first-order valence-corrected chi connectivity index (χ1v) is 5.53. The Hall–Kier alpha value is -2.50. The van der Waals surface area contributed by atoms with Crippen molar-refractivity contribution in [1.82, 2.24) is 15.3 Å². The Morgan fingerprint density at radius 1 is 1.17 bits per heavy atom. The van der Waals surface area contributed by atoms with Crippen LogP contribution in [-0.4, -0.2) is 27.8 Å². The quantitative estimate of drug-likeness (QED) is 0.747. The predicted octanol–water partition coefficient (Wildman–Crippen LogP) is 0.457. The first-order chi connectivity index (χ1) is 8.72. The second-order valence-electron chi connectivity index (χ2n) is 4.07. The number of imide groups is 1. The van der Waals surface area contributed by atoms with E-state index in [0.29, 0.717) is 0 Å². The molecule has 1 atom stereocenters. The van der Waals surface area contributed by atoms with E-state index in [4.69, 9.17) is 0 Å². The number of aromatic nitrogens is 2. The van der Waals surface area contributed by atoms with Gasteiger partial charge in [-0.05, 0) is 18.2 Å². The molecule has 1 saturated heterocycles. The minimum atomic E-state index is -0.508. The summed E-state index contributed by atoms with van der Waals surface area (Å²) in [5.74, 6) is -0.544. The van der Waals surface area contributed by atoms with Crippen molar-refractivity contribution in [2.75, 3.05) is 5.32 Å². The van der Waals surface area contributed by atoms with Crippen molar-refractivity contribution >= 4 is 28.5 Å². The molecule has 0 aliphatic carbocycles. The zero-order valence-electron chi connectivity index (χ0n) is 9.38. The third kappa shape index (κ3) is 1.88. The molecule has 2 aromatic rings. The fraction of sp³-hybridized carbons (Fsp3) is 0.167. The average molecular weight is 242 g/mol. The van der Waals surface area contributed by atoms with Crippen molar-refractivity contribution in [2.24, 2.45) is 0 Å². The molecule has 2 heterocycles. The number of nitrogens with zero attached hydrogens (tertiary/aromatic N) is 2. The number of carbonyl (C=O) groups excluding carboxylic acids is 2. The second kappa shape index (κ2) is 4.06. The molecule has 1 aromatic heterocycles. The van der Waals surface area contributed by atoms with E-state index in [0.717, 1.165) is 16.7 Å². The molecule has 6 nitrogen and oxygen atoms in total. The van der Waals surface area contributed by atoms with Gasteiger partial charge in [0.15, 0.2) is 0 Å². The van der Waals surface area contributed by atoms with Gasteiger partial charge in [-0.1, -0.05) is 0 Å². The van der Waals surface area contributed by atoms with Crippen molar-refractivity contribution in [1.29, 1.82) is 0 Å². The molecule has 2 amide bonds. The van der Waals surface area contributed by atoms with Crippen LogP contribution in [-0.2, 0) is 9.59 Å². The first kappa shape index (κ1) is 10.6. The summed E-state index contributed by atoms with van der Waals surface area (Å²) in [5.41, 5.74) is 2.28. The minimum absolute atomic E-state index is 0.164. The summed E-state index contributed by atoms with van der Waals surface area (Å²) in [6.45, 7) is 0. The summed E-state index contributed by atoms with van der Waals surface area (Å²) < 4.78 is 0. The van der Waals surface area contributed by atoms with Crippen LogP contribution in [0.3, 0.4) is 0 Å². The van der Waals surface area contributed by atoms with Gasteiger partial charge in [-0.15, -0.1) is 0 Å². The Kier molecular flexibility index (Phi) is 2.40. The number of amides is 2. The molecule has 1 aromatic carbocycles. The van der Waals surface area contributed by atoms with Gasteiger partial charge in [0.1, 0.15) is 6.04 Å². The summed E-state index contributed by atoms with van der Waals surface area (Å²) in [5, 5.41) is 5.27. The van der Waals surface area contributed by atoms with Gasteiger partial charge in [-0.3, -0.25) is 24.9 Å². The Labute approximate surface area is 102 Å². The van der Waals surface area contributed by atoms with Gasteiger partial charge in [0.2, 0.25) is 11.8 Å². The molecular formula is C12H10N4O2. The zero-order chi connectivity index (χ0) is 12.5. The zero-order valence-corrected chi connectivity index (χ0v) is 9.38. The van der Waals surface area contributed by atoms with Crippen LogP contribution < -0.4 is 10.6 Å². The van der Waals surface area contributed by atoms with E-state index < -0.39 is 6.04 Å². The summed E-state index contributed by atoms with van der Waals surface area (Å²) in [4.78, 5) is 30.8. The van der Waals surface area contributed by atoms with Crippen molar-refractivity contribution in [3.8, 4) is 0 Å². The lowest BCUT2D eigenvalue weighted by molar-refractivity contribution is -0.124. The Bertz CT molecular complexity index is 641. The van der Waals surface area contributed by atoms with E-state index in [-0.39, 0.29) is 18.2 Å². The Morgan fingerprint density at radius 3 is 2.67 bits per heavy atom. The van der Waals surface area contributed by atoms with E-state index >= 15 is 0 Å². The number of anilines is 1. The topological polar surface area (TPSA) is 84.0 Å². The van der Waals surface area contributed by atoms with Crippen LogP contribution in [0, 0.1) is 0 Å². The number of hydrogen-bond acceptors (Lipinski definition) is 5. The smallest absolute Gasteiger partial charge is 0.249 e. The highest BCUT2D eigenvalue weighted by atomic mass is 16.2. The first-order valence-electron chi connectivity index (χ1n) is 5.53. The van der Waals surface area contributed by atoms with Crippen LogP contribution in [0.4, 0.5) is 5.69 Å². The lowest BCUT2D eigenvalue weighted by atomic mass is 10.2. The molecule has 90 valence electrons. The number of carbonyl (C=O) groups is 2. The minimum Gasteiger partial charge on any atom is -0.373 e. The molecule has 0 saturated carbocycles. The molecule has 6 heteroatoms. The molecule has 3 rings (SSSR count). The molecular weight excluding hydrogens is 232 g/mol. The van der Waals surface area contributed by atoms with Gasteiger partial charge in [-0.25, -0.2) is 0 Å². The molecule has 1 aliphatic rings. The van der Waals surface area contributed by atoms with Crippen LogP contribution in [0.25, 0.3) is 11.0 Å². The molecule has 1 aliphatic heterocycles. The highest BCUT2D eigenvalue weighted by molar-refractivity contribution is 6.06. The largest absolute Gasteiger partial charge is 0.373 e. The number of benzene rings is 1. The lowest BCUT2D eigenvalue weighted by Crippen LogP contribution is -2.29. The Morgan fingerprint density at radius 2 is 1.94 bits per heavy atom. The number of fused-ring (bicyclic) bond motifs is 1. The lowest BCUT2D eigenvalue weighted by Gasteiger charge is -2.10. The van der Waals surface area contributed by atoms with Gasteiger partial charge < -0.3 is 5.32 Å². The van der Waals surface area contributed by atoms with Gasteiger partial charge in [0.05, 0.1) is 17.5 Å². The average Bonchev–Trinajstić information content (AvgIpc) is 2.68. The predicted molar refractivity (Wildman–Crippen MR) is 64.7 cm³/mol. The fourth-order valence-electron chi connectivity index (χ4n) is 1.92. The molecule has 1 unspecified atom stereocenters. The van der Waals surface area contributed by atoms with E-state index in [1.54, 1.807) is 18.5 Å². The third-order valence-corrected chi connectivity index (χ3v) is 2.78. The summed E-state index contributed by atoms with van der Waals surface area (Å²) in [6, 6.07) is 4.93. The van der Waals surface area contributed by atoms with Crippen LogP contribution in [0.5, 0.6) is 0 Å². The summed E-state index contributed by atoms with van der Waals surface area (Å²) in [7, 11) is 0. The molecule has 0 spiro atoms. The molecule has 2 N–H and O–H groups in total. The van der Waals surface area contributed by atoms with Crippen LogP contribution in [0.2, 0.25) is 0 Å². The van der Waals surface area contributed by atoms with Crippen LogP contribution >= 0.6 is 0 Å². The van der Waals surface area contributed by atoms with Crippen molar-refractivity contribution in [3.05, 3.63) is 30.6 Å². The summed E-state index contributed by atoms with van der Waals surface area (Å²) >= 11 is 0. The maximum atomic E-state index is 11.4. The number of hydrogen-bond donors (Lipinski definition) is 2. The van der Waals surface area contributed by atoms with Crippen molar-refractivity contribution in [3.63, 3.8) is 0 Å². The normalized spacial score (nSPS) is 19.0. The van der Waals surface area contributed by atoms with Gasteiger partial charge in [-0.2, -0.15) is 0 Å². The van der Waals surface area contributed by atoms with E-state index in [9.17, 15) is 9.59 Å². The highest BCUT2D eigenvalue weighted by Gasteiger charge is 2.30. The Balaban J connectivity index is 1.87. The second-order valence-corrected chi connectivity index (χ2v) is 4.07. The van der Waals surface area contributed by atoms with Crippen molar-refractivity contribution < 1.29 is 9.59 Å². The molecule has 18 heavy (non-hydrogen) atoms. The van der Waals surface area contributed by atoms with Crippen molar-refractivity contribution in [2.45, 2.75) is 12.5 Å². The number of rotatable bonds is 2. The van der Waals surface area contributed by atoms with Crippen LogP contribution in [0.15, 0.2) is 30.6 Å². The van der Waals surface area contributed by atoms with E-state index in [2.05, 4.69) is 20.6 Å². The maximum absolute atomic E-state index is 11.4. The maximum Gasteiger partial charge on any atom is 0.249 e. The SMILES string of the molecule is O=C1CC(Nc2ccc3nccnc3c2)C(=O)N1. The monoisotopic (exact) mass is 242 g/mol. The number of nitrogens with one attached hydrogen (secondary N) is 2. The third-order valence-electron chi connectivity index (χ3n) is 2.78. The summed E-state index contributed by atoms with van der Waals surface area (Å²) in [6.07, 6.45) is 3.40. The van der Waals surface area contributed by atoms with Gasteiger partial charge >= 0.3 is 0 Å². The highest BCUT2D eigenvalue weighted by Crippen LogP contribution is 2.17. The standard InChI is InChI=1S/C12H10N4O2/c17-11-6-10(12(18)16-11)15-7-1-2-8-9(5-7)14-4-3-13-8/h1-5,10,15H,6H2,(H,16,17,18). The van der Waals surface area contributed by atoms with Gasteiger partial charge in [0.25, 0.3) is 0 Å². The van der Waals surface area contributed by atoms with Crippen LogP contribution in [0.1, 0.15) is 6.42 Å². The fourth-order valence-corrected chi connectivity index (χ4v) is 1.92. The van der Waals surface area contributed by atoms with E-state index in [1.807, 2.05) is 12.1 Å². The van der Waals surface area contributed by atoms with Gasteiger partial charge in [0, 0.05) is 18.1 Å².